The first-order valence-corrected chi connectivity index (χ1v) is 9.73. The Kier molecular flexibility index (Phi) is 5.92. The van der Waals surface area contributed by atoms with Gasteiger partial charge in [-0.25, -0.2) is 13.6 Å². The van der Waals surface area contributed by atoms with E-state index in [9.17, 15) is 18.0 Å². The van der Waals surface area contributed by atoms with Crippen molar-refractivity contribution in [2.24, 2.45) is 5.14 Å². The van der Waals surface area contributed by atoms with Gasteiger partial charge in [-0.3, -0.25) is 9.59 Å². The Labute approximate surface area is 144 Å². The molecule has 0 saturated heterocycles. The zero-order chi connectivity index (χ0) is 17.7. The first kappa shape index (κ1) is 18.4. The number of thiazole rings is 1. The normalized spacial score (nSPS) is 11.4. The number of benzene rings is 1. The summed E-state index contributed by atoms with van der Waals surface area (Å²) in [4.78, 5) is 23.4. The van der Waals surface area contributed by atoms with Crippen molar-refractivity contribution in [3.05, 3.63) is 50.6 Å². The summed E-state index contributed by atoms with van der Waals surface area (Å²) in [6.45, 7) is 2.63. The number of nitrogens with two attached hydrogens (primary N) is 1. The molecule has 1 aromatic carbocycles. The van der Waals surface area contributed by atoms with Crippen molar-refractivity contribution in [3.63, 3.8) is 0 Å². The van der Waals surface area contributed by atoms with Gasteiger partial charge in [0, 0.05) is 30.6 Å². The van der Waals surface area contributed by atoms with Crippen LogP contribution in [0.4, 0.5) is 0 Å². The Hall–Kier alpha value is -1.97. The summed E-state index contributed by atoms with van der Waals surface area (Å²) >= 11 is 1.12. The van der Waals surface area contributed by atoms with Gasteiger partial charge < -0.3 is 9.88 Å². The molecule has 0 bridgehead atoms. The number of hydrogen-bond acceptors (Lipinski definition) is 5. The molecule has 1 aromatic heterocycles. The second-order valence-electron chi connectivity index (χ2n) is 5.33. The maximum Gasteiger partial charge on any atom is 0.307 e. The first-order chi connectivity index (χ1) is 11.3. The van der Waals surface area contributed by atoms with E-state index >= 15 is 0 Å². The molecule has 3 N–H and O–H groups in total. The molecule has 0 atom stereocenters. The second-order valence-corrected chi connectivity index (χ2v) is 7.72. The van der Waals surface area contributed by atoms with Crippen molar-refractivity contribution >= 4 is 27.3 Å². The van der Waals surface area contributed by atoms with Gasteiger partial charge in [0.2, 0.25) is 15.9 Å². The molecule has 0 fully saturated rings. The number of rotatable bonds is 7. The molecule has 130 valence electrons. The van der Waals surface area contributed by atoms with E-state index in [0.29, 0.717) is 19.5 Å². The molecular weight excluding hydrogens is 350 g/mol. The van der Waals surface area contributed by atoms with E-state index in [0.717, 1.165) is 22.6 Å². The number of aromatic nitrogens is 1. The first-order valence-electron chi connectivity index (χ1n) is 7.31. The summed E-state index contributed by atoms with van der Waals surface area (Å²) in [5, 5.41) is 9.59. The minimum atomic E-state index is -3.69. The Balaban J connectivity index is 1.77. The maximum atomic E-state index is 11.8. The van der Waals surface area contributed by atoms with Crippen molar-refractivity contribution in [2.75, 3.05) is 6.54 Å². The smallest absolute Gasteiger partial charge is 0.307 e. The van der Waals surface area contributed by atoms with Crippen LogP contribution >= 0.6 is 11.3 Å². The van der Waals surface area contributed by atoms with Crippen LogP contribution in [0, 0.1) is 6.92 Å². The lowest BCUT2D eigenvalue weighted by Crippen LogP contribution is -2.28. The average Bonchev–Trinajstić information content (AvgIpc) is 2.83. The van der Waals surface area contributed by atoms with Gasteiger partial charge in [-0.2, -0.15) is 0 Å². The zero-order valence-corrected chi connectivity index (χ0v) is 14.8. The molecule has 0 aliphatic heterocycles. The number of nitrogens with one attached hydrogen (secondary N) is 1. The van der Waals surface area contributed by atoms with Gasteiger partial charge in [0.05, 0.1) is 4.90 Å². The number of primary sulfonamides is 1. The SMILES string of the molecule is Cc1csc(=O)n1CCC(=O)NCCc1ccc(S(N)(=O)=O)cc1. The minimum Gasteiger partial charge on any atom is -0.356 e. The van der Waals surface area contributed by atoms with Crippen LogP contribution < -0.4 is 15.3 Å². The number of amides is 1. The molecule has 0 spiro atoms. The fraction of sp³-hybridized carbons (Fsp3) is 0.333. The van der Waals surface area contributed by atoms with E-state index in [1.807, 2.05) is 6.92 Å². The summed E-state index contributed by atoms with van der Waals surface area (Å²) in [5.41, 5.74) is 1.75. The average molecular weight is 369 g/mol. The minimum absolute atomic E-state index is 0.0600. The monoisotopic (exact) mass is 369 g/mol. The predicted octanol–water partition coefficient (Wildman–Crippen LogP) is 0.615. The lowest BCUT2D eigenvalue weighted by Gasteiger charge is -2.07. The lowest BCUT2D eigenvalue weighted by molar-refractivity contribution is -0.121. The highest BCUT2D eigenvalue weighted by Gasteiger charge is 2.08. The van der Waals surface area contributed by atoms with E-state index in [1.165, 1.54) is 12.1 Å². The van der Waals surface area contributed by atoms with Crippen LogP contribution in [0.25, 0.3) is 0 Å². The van der Waals surface area contributed by atoms with Gasteiger partial charge in [0.1, 0.15) is 0 Å². The second kappa shape index (κ2) is 7.73. The van der Waals surface area contributed by atoms with E-state index < -0.39 is 10.0 Å². The van der Waals surface area contributed by atoms with Gasteiger partial charge in [0.15, 0.2) is 0 Å². The van der Waals surface area contributed by atoms with Crippen LogP contribution in [0.15, 0.2) is 39.3 Å². The predicted molar refractivity (Wildman–Crippen MR) is 92.5 cm³/mol. The summed E-state index contributed by atoms with van der Waals surface area (Å²) in [5.74, 6) is -0.131. The lowest BCUT2D eigenvalue weighted by atomic mass is 10.1. The molecule has 0 saturated carbocycles. The van der Waals surface area contributed by atoms with Crippen molar-refractivity contribution in [1.82, 2.24) is 9.88 Å². The largest absolute Gasteiger partial charge is 0.356 e. The number of aryl methyl sites for hydroxylation is 1. The van der Waals surface area contributed by atoms with Crippen LogP contribution in [-0.4, -0.2) is 25.4 Å². The molecule has 0 radical (unpaired) electrons. The van der Waals surface area contributed by atoms with E-state index in [-0.39, 0.29) is 22.1 Å². The van der Waals surface area contributed by atoms with Crippen molar-refractivity contribution in [2.45, 2.75) is 31.2 Å². The molecule has 0 unspecified atom stereocenters. The maximum absolute atomic E-state index is 11.8. The van der Waals surface area contributed by atoms with Crippen LogP contribution in [0.3, 0.4) is 0 Å². The summed E-state index contributed by atoms with van der Waals surface area (Å²) in [6.07, 6.45) is 0.815. The Morgan fingerprint density at radius 3 is 2.50 bits per heavy atom. The summed E-state index contributed by atoms with van der Waals surface area (Å²) in [6, 6.07) is 6.22. The molecule has 1 amide bonds. The van der Waals surface area contributed by atoms with Gasteiger partial charge in [-0.05, 0) is 31.0 Å². The number of nitrogens with zero attached hydrogens (tertiary/aromatic N) is 1. The molecule has 2 rings (SSSR count). The third kappa shape index (κ3) is 5.02. The van der Waals surface area contributed by atoms with Gasteiger partial charge in [-0.15, -0.1) is 0 Å². The van der Waals surface area contributed by atoms with E-state index in [1.54, 1.807) is 22.1 Å². The Bertz CT molecular complexity index is 867. The van der Waals surface area contributed by atoms with Gasteiger partial charge >= 0.3 is 4.87 Å². The molecule has 2 aromatic rings. The fourth-order valence-electron chi connectivity index (χ4n) is 2.17. The topological polar surface area (TPSA) is 111 Å². The van der Waals surface area contributed by atoms with Crippen LogP contribution in [0.1, 0.15) is 17.7 Å². The van der Waals surface area contributed by atoms with Gasteiger partial charge in [0.25, 0.3) is 0 Å². The number of sulfonamides is 1. The van der Waals surface area contributed by atoms with E-state index in [4.69, 9.17) is 5.14 Å². The Morgan fingerprint density at radius 1 is 1.29 bits per heavy atom. The molecular formula is C15H19N3O4S2. The highest BCUT2D eigenvalue weighted by molar-refractivity contribution is 7.89. The number of hydrogen-bond donors (Lipinski definition) is 2. The number of carbonyl (C=O) groups is 1. The molecule has 9 heteroatoms. The summed E-state index contributed by atoms with van der Waals surface area (Å²) < 4.78 is 23.9. The standard InChI is InChI=1S/C15H19N3O4S2/c1-11-10-23-15(20)18(11)9-7-14(19)17-8-6-12-2-4-13(5-3-12)24(16,21)22/h2-5,10H,6-9H2,1H3,(H,17,19)(H2,16,21,22). The molecule has 0 aliphatic rings. The van der Waals surface area contributed by atoms with Crippen molar-refractivity contribution in [1.29, 1.82) is 0 Å². The highest BCUT2D eigenvalue weighted by atomic mass is 32.2. The van der Waals surface area contributed by atoms with Crippen LogP contribution in [0.5, 0.6) is 0 Å². The van der Waals surface area contributed by atoms with Gasteiger partial charge in [-0.1, -0.05) is 23.5 Å². The molecule has 7 nitrogen and oxygen atoms in total. The summed E-state index contributed by atoms with van der Waals surface area (Å²) in [7, 11) is -3.69. The molecule has 0 aliphatic carbocycles. The third-order valence-corrected chi connectivity index (χ3v) is 5.34. The van der Waals surface area contributed by atoms with Crippen LogP contribution in [0.2, 0.25) is 0 Å². The fourth-order valence-corrected chi connectivity index (χ4v) is 3.44. The quantitative estimate of drug-likeness (QED) is 0.745. The van der Waals surface area contributed by atoms with Crippen molar-refractivity contribution < 1.29 is 13.2 Å². The van der Waals surface area contributed by atoms with E-state index in [2.05, 4.69) is 5.32 Å². The Morgan fingerprint density at radius 2 is 1.96 bits per heavy atom. The molecule has 24 heavy (non-hydrogen) atoms. The third-order valence-electron chi connectivity index (χ3n) is 3.53. The van der Waals surface area contributed by atoms with Crippen molar-refractivity contribution in [3.8, 4) is 0 Å². The highest BCUT2D eigenvalue weighted by Crippen LogP contribution is 2.09. The van der Waals surface area contributed by atoms with Crippen LogP contribution in [-0.2, 0) is 27.8 Å². The molecule has 1 heterocycles. The number of carbonyl (C=O) groups excluding carboxylic acids is 1. The zero-order valence-electron chi connectivity index (χ0n) is 13.2.